The quantitative estimate of drug-likeness (QED) is 0.293. The van der Waals surface area contributed by atoms with Crippen LogP contribution in [0, 0.1) is 18.3 Å². The van der Waals surface area contributed by atoms with Crippen molar-refractivity contribution in [3.8, 4) is 12.3 Å². The highest BCUT2D eigenvalue weighted by molar-refractivity contribution is 5.95. The lowest BCUT2D eigenvalue weighted by molar-refractivity contribution is -0.144. The largest absolute Gasteiger partial charge is 0.444 e. The number of ether oxygens (including phenoxy) is 1. The van der Waals surface area contributed by atoms with E-state index >= 15 is 0 Å². The lowest BCUT2D eigenvalue weighted by Gasteiger charge is -2.35. The second-order valence-electron chi connectivity index (χ2n) is 10.5. The van der Waals surface area contributed by atoms with Gasteiger partial charge in [0.25, 0.3) is 0 Å². The predicted molar refractivity (Wildman–Crippen MR) is 141 cm³/mol. The van der Waals surface area contributed by atoms with Gasteiger partial charge in [-0.25, -0.2) is 4.79 Å². The van der Waals surface area contributed by atoms with Crippen molar-refractivity contribution < 1.29 is 23.9 Å². The Morgan fingerprint density at radius 3 is 2.41 bits per heavy atom. The Hall–Kier alpha value is -3.54. The van der Waals surface area contributed by atoms with E-state index in [1.165, 1.54) is 4.90 Å². The number of nitrogens with one attached hydrogen (secondary N) is 2. The number of nitrogens with zero attached hydrogens (tertiary/aromatic N) is 1. The first-order chi connectivity index (χ1) is 17.4. The summed E-state index contributed by atoms with van der Waals surface area (Å²) in [5.74, 6) is 0.981. The molecule has 37 heavy (non-hydrogen) atoms. The maximum Gasteiger partial charge on any atom is 0.408 e. The average molecular weight is 513 g/mol. The zero-order chi connectivity index (χ0) is 27.8. The zero-order valence-electron chi connectivity index (χ0n) is 22.5. The molecule has 2 rings (SSSR count). The summed E-state index contributed by atoms with van der Waals surface area (Å²) in [4.78, 5) is 53.5. The number of carbonyl (C=O) groups is 4. The number of hydrogen-bond donors (Lipinski definition) is 3. The van der Waals surface area contributed by atoms with Gasteiger partial charge in [-0.3, -0.25) is 14.4 Å². The summed E-state index contributed by atoms with van der Waals surface area (Å²) in [7, 11) is 0. The van der Waals surface area contributed by atoms with Crippen molar-refractivity contribution >= 4 is 23.8 Å². The summed E-state index contributed by atoms with van der Waals surface area (Å²) in [6.07, 6.45) is 7.86. The molecule has 1 aliphatic carbocycles. The van der Waals surface area contributed by atoms with Crippen molar-refractivity contribution in [2.45, 2.75) is 90.4 Å². The molecule has 1 aromatic rings. The molecule has 202 valence electrons. The van der Waals surface area contributed by atoms with Crippen LogP contribution in [0.1, 0.15) is 83.9 Å². The molecular formula is C28H40N4O5. The average Bonchev–Trinajstić information content (AvgIpc) is 3.53. The van der Waals surface area contributed by atoms with Gasteiger partial charge in [0.15, 0.2) is 0 Å². The van der Waals surface area contributed by atoms with Crippen LogP contribution in [0.5, 0.6) is 0 Å². The van der Waals surface area contributed by atoms with E-state index in [1.807, 2.05) is 6.92 Å². The molecule has 4 N–H and O–H groups in total. The number of hydrogen-bond acceptors (Lipinski definition) is 5. The third kappa shape index (κ3) is 8.81. The monoisotopic (exact) mass is 512 g/mol. The summed E-state index contributed by atoms with van der Waals surface area (Å²) in [6, 6.07) is 4.32. The topological polar surface area (TPSA) is 131 Å². The zero-order valence-corrected chi connectivity index (χ0v) is 22.5. The minimum Gasteiger partial charge on any atom is -0.444 e. The fraction of sp³-hybridized carbons (Fsp3) is 0.571. The molecule has 0 spiro atoms. The Balaban J connectivity index is 2.50. The molecule has 1 aliphatic rings. The Labute approximate surface area is 219 Å². The van der Waals surface area contributed by atoms with Crippen LogP contribution in [-0.4, -0.2) is 52.9 Å². The molecular weight excluding hydrogens is 472 g/mol. The molecule has 1 saturated carbocycles. The maximum atomic E-state index is 14.0. The number of carbonyl (C=O) groups excluding carboxylic acids is 4. The van der Waals surface area contributed by atoms with Gasteiger partial charge < -0.3 is 26.0 Å². The van der Waals surface area contributed by atoms with Crippen molar-refractivity contribution in [1.82, 2.24) is 15.5 Å². The lowest BCUT2D eigenvalue weighted by Crippen LogP contribution is -2.55. The molecule has 0 bridgehead atoms. The van der Waals surface area contributed by atoms with E-state index in [2.05, 4.69) is 23.5 Å². The van der Waals surface area contributed by atoms with Gasteiger partial charge in [-0.15, -0.1) is 6.42 Å². The van der Waals surface area contributed by atoms with Gasteiger partial charge in [0.1, 0.15) is 17.7 Å². The number of terminal acetylenes is 1. The minimum absolute atomic E-state index is 0.119. The fourth-order valence-electron chi connectivity index (χ4n) is 4.17. The van der Waals surface area contributed by atoms with Gasteiger partial charge in [0.2, 0.25) is 17.7 Å². The standard InChI is InChI=1S/C28H40N4O5/c1-7-9-12-15-30-25(34)24(20-14-11-10-13-19(20)8-2)32(22-16-18(22)3)26(35)21(17-23(29)33)31-27(36)37-28(4,5)6/h2,10-11,13-14,18,21-22,24H,7,9,12,15-17H2,1,3-6H3,(H2,29,33)(H,30,34)(H,31,36). The van der Waals surface area contributed by atoms with E-state index in [0.717, 1.165) is 19.3 Å². The van der Waals surface area contributed by atoms with Crippen LogP contribution < -0.4 is 16.4 Å². The van der Waals surface area contributed by atoms with E-state index in [0.29, 0.717) is 24.1 Å². The maximum absolute atomic E-state index is 14.0. The van der Waals surface area contributed by atoms with Gasteiger partial charge in [0, 0.05) is 18.2 Å². The van der Waals surface area contributed by atoms with Crippen LogP contribution in [0.25, 0.3) is 0 Å². The molecule has 1 fully saturated rings. The number of nitrogens with two attached hydrogens (primary N) is 1. The van der Waals surface area contributed by atoms with E-state index < -0.39 is 42.0 Å². The van der Waals surface area contributed by atoms with E-state index in [1.54, 1.807) is 45.0 Å². The van der Waals surface area contributed by atoms with Crippen molar-refractivity contribution in [2.24, 2.45) is 11.7 Å². The van der Waals surface area contributed by atoms with Gasteiger partial charge in [-0.05, 0) is 51.2 Å². The molecule has 1 aromatic carbocycles. The van der Waals surface area contributed by atoms with Gasteiger partial charge in [-0.2, -0.15) is 0 Å². The van der Waals surface area contributed by atoms with Crippen molar-refractivity contribution in [1.29, 1.82) is 0 Å². The first-order valence-corrected chi connectivity index (χ1v) is 12.8. The summed E-state index contributed by atoms with van der Waals surface area (Å²) < 4.78 is 5.30. The summed E-state index contributed by atoms with van der Waals surface area (Å²) in [6.45, 7) is 9.55. The number of amides is 4. The number of unbranched alkanes of at least 4 members (excludes halogenated alkanes) is 2. The van der Waals surface area contributed by atoms with Crippen molar-refractivity contribution in [3.63, 3.8) is 0 Å². The van der Waals surface area contributed by atoms with Gasteiger partial charge in [-0.1, -0.05) is 50.8 Å². The van der Waals surface area contributed by atoms with Gasteiger partial charge in [0.05, 0.1) is 6.42 Å². The summed E-state index contributed by atoms with van der Waals surface area (Å²) in [5.41, 5.74) is 5.60. The molecule has 0 aromatic heterocycles. The Kier molecular flexibility index (Phi) is 10.5. The third-order valence-electron chi connectivity index (χ3n) is 6.09. The van der Waals surface area contributed by atoms with Gasteiger partial charge >= 0.3 is 6.09 Å². The highest BCUT2D eigenvalue weighted by Crippen LogP contribution is 2.41. The molecule has 9 heteroatoms. The highest BCUT2D eigenvalue weighted by Gasteiger charge is 2.48. The summed E-state index contributed by atoms with van der Waals surface area (Å²) >= 11 is 0. The van der Waals surface area contributed by atoms with Crippen LogP contribution in [-0.2, 0) is 19.1 Å². The predicted octanol–water partition coefficient (Wildman–Crippen LogP) is 3.02. The van der Waals surface area contributed by atoms with Crippen LogP contribution >= 0.6 is 0 Å². The normalized spacial score (nSPS) is 18.1. The summed E-state index contributed by atoms with van der Waals surface area (Å²) in [5, 5.41) is 5.44. The first kappa shape index (κ1) is 29.7. The Morgan fingerprint density at radius 1 is 1.22 bits per heavy atom. The number of primary amides is 1. The van der Waals surface area contributed by atoms with Crippen LogP contribution in [0.4, 0.5) is 4.79 Å². The number of alkyl carbamates (subject to hydrolysis) is 1. The van der Waals surface area contributed by atoms with Crippen LogP contribution in [0.2, 0.25) is 0 Å². The first-order valence-electron chi connectivity index (χ1n) is 12.8. The molecule has 0 radical (unpaired) electrons. The lowest BCUT2D eigenvalue weighted by atomic mass is 9.96. The Bertz CT molecular complexity index is 1030. The number of rotatable bonds is 12. The Morgan fingerprint density at radius 2 is 1.86 bits per heavy atom. The third-order valence-corrected chi connectivity index (χ3v) is 6.09. The molecule has 0 saturated heterocycles. The molecule has 9 nitrogen and oxygen atoms in total. The number of benzene rings is 1. The smallest absolute Gasteiger partial charge is 0.408 e. The highest BCUT2D eigenvalue weighted by atomic mass is 16.6. The molecule has 4 amide bonds. The van der Waals surface area contributed by atoms with E-state index in [-0.39, 0.29) is 17.9 Å². The fourth-order valence-corrected chi connectivity index (χ4v) is 4.17. The molecule has 0 aliphatic heterocycles. The molecule has 4 unspecified atom stereocenters. The second kappa shape index (κ2) is 13.1. The molecule has 0 heterocycles. The van der Waals surface area contributed by atoms with Crippen LogP contribution in [0.3, 0.4) is 0 Å². The van der Waals surface area contributed by atoms with Crippen molar-refractivity contribution in [3.05, 3.63) is 35.4 Å². The van der Waals surface area contributed by atoms with Crippen molar-refractivity contribution in [2.75, 3.05) is 6.54 Å². The van der Waals surface area contributed by atoms with Crippen LogP contribution in [0.15, 0.2) is 24.3 Å². The van der Waals surface area contributed by atoms with E-state index in [4.69, 9.17) is 16.9 Å². The second-order valence-corrected chi connectivity index (χ2v) is 10.5. The van der Waals surface area contributed by atoms with E-state index in [9.17, 15) is 19.2 Å². The minimum atomic E-state index is -1.31. The molecule has 4 atom stereocenters. The SMILES string of the molecule is C#Cc1ccccc1C(C(=O)NCCCCC)N(C(=O)C(CC(N)=O)NC(=O)OC(C)(C)C)C1CC1C.